The van der Waals surface area contributed by atoms with Gasteiger partial charge in [0.2, 0.25) is 4.77 Å². The van der Waals surface area contributed by atoms with Gasteiger partial charge in [0.1, 0.15) is 17.7 Å². The molecule has 0 aliphatic heterocycles. The van der Waals surface area contributed by atoms with Crippen LogP contribution in [-0.4, -0.2) is 27.9 Å². The maximum Gasteiger partial charge on any atom is 0.215 e. The Bertz CT molecular complexity index is 662. The second kappa shape index (κ2) is 5.82. The number of nitrogens with zero attached hydrogens (tertiary/aromatic N) is 2. The Hall–Kier alpha value is -1.31. The quantitative estimate of drug-likeness (QED) is 0.655. The molecule has 1 aromatic carbocycles. The normalized spacial score (nSPS) is 14.9. The first kappa shape index (κ1) is 16.1. The monoisotopic (exact) mass is 325 g/mol. The summed E-state index contributed by atoms with van der Waals surface area (Å²) in [5.41, 5.74) is -0.397. The number of aliphatic hydroxyl groups is 1. The van der Waals surface area contributed by atoms with E-state index < -0.39 is 13.7 Å². The summed E-state index contributed by atoms with van der Waals surface area (Å²) < 4.78 is 15.2. The molecular formula is C14H20FN3OSSi. The lowest BCUT2D eigenvalue weighted by atomic mass is 9.96. The van der Waals surface area contributed by atoms with Gasteiger partial charge >= 0.3 is 0 Å². The molecular weight excluding hydrogens is 305 g/mol. The average Bonchev–Trinajstić information content (AvgIpc) is 2.73. The van der Waals surface area contributed by atoms with Crippen LogP contribution in [0.15, 0.2) is 30.6 Å². The number of H-pyrrole nitrogens is 1. The van der Waals surface area contributed by atoms with Gasteiger partial charge in [-0.05, 0) is 36.0 Å². The van der Waals surface area contributed by atoms with Gasteiger partial charge < -0.3 is 5.11 Å². The average molecular weight is 325 g/mol. The van der Waals surface area contributed by atoms with Crippen LogP contribution < -0.4 is 0 Å². The molecule has 1 aromatic heterocycles. The highest BCUT2D eigenvalue weighted by Crippen LogP contribution is 2.32. The fourth-order valence-corrected chi connectivity index (χ4v) is 4.78. The van der Waals surface area contributed by atoms with Gasteiger partial charge in [0.15, 0.2) is 0 Å². The molecule has 4 nitrogen and oxygen atoms in total. The maximum absolute atomic E-state index is 13.1. The lowest BCUT2D eigenvalue weighted by molar-refractivity contribution is 0.0327. The Morgan fingerprint density at radius 3 is 2.43 bits per heavy atom. The zero-order chi connectivity index (χ0) is 15.7. The summed E-state index contributed by atoms with van der Waals surface area (Å²) in [5.74, 6) is -0.313. The van der Waals surface area contributed by atoms with E-state index in [4.69, 9.17) is 12.2 Å². The number of hydrogen-bond acceptors (Lipinski definition) is 3. The molecule has 0 aliphatic rings. The van der Waals surface area contributed by atoms with E-state index in [1.54, 1.807) is 16.8 Å². The molecule has 1 atom stereocenters. The molecule has 0 amide bonds. The van der Waals surface area contributed by atoms with E-state index in [0.717, 1.165) is 0 Å². The molecule has 2 N–H and O–H groups in total. The molecule has 0 saturated carbocycles. The third-order valence-electron chi connectivity index (χ3n) is 3.24. The maximum atomic E-state index is 13.1. The van der Waals surface area contributed by atoms with E-state index in [9.17, 15) is 9.50 Å². The van der Waals surface area contributed by atoms with Crippen LogP contribution in [0.1, 0.15) is 5.56 Å². The van der Waals surface area contributed by atoms with Crippen molar-refractivity contribution in [2.75, 3.05) is 0 Å². The molecule has 114 valence electrons. The van der Waals surface area contributed by atoms with Crippen LogP contribution in [0, 0.1) is 10.6 Å². The summed E-state index contributed by atoms with van der Waals surface area (Å²) in [4.78, 5) is 3.97. The predicted octanol–water partition coefficient (Wildman–Crippen LogP) is 3.31. The van der Waals surface area contributed by atoms with Crippen LogP contribution in [0.2, 0.25) is 25.7 Å². The molecule has 7 heteroatoms. The minimum atomic E-state index is -1.57. The number of hydrogen-bond donors (Lipinski definition) is 2. The smallest absolute Gasteiger partial charge is 0.215 e. The fourth-order valence-electron chi connectivity index (χ4n) is 2.54. The SMILES string of the molecule is C[Si](C)(C)CC(O)(Cn1[nH]cnc1=S)c1ccc(F)cc1. The van der Waals surface area contributed by atoms with Crippen molar-refractivity contribution in [2.45, 2.75) is 37.8 Å². The van der Waals surface area contributed by atoms with Crippen LogP contribution in [0.25, 0.3) is 0 Å². The minimum Gasteiger partial charge on any atom is -0.384 e. The second-order valence-electron chi connectivity index (χ2n) is 6.53. The zero-order valence-corrected chi connectivity index (χ0v) is 14.2. The Kier molecular flexibility index (Phi) is 4.45. The van der Waals surface area contributed by atoms with Crippen molar-refractivity contribution in [1.82, 2.24) is 14.8 Å². The number of halogens is 1. The lowest BCUT2D eigenvalue weighted by Gasteiger charge is -2.34. The zero-order valence-electron chi connectivity index (χ0n) is 12.4. The molecule has 2 aromatic rings. The van der Waals surface area contributed by atoms with E-state index in [1.165, 1.54) is 18.5 Å². The molecule has 0 radical (unpaired) electrons. The van der Waals surface area contributed by atoms with Crippen molar-refractivity contribution >= 4 is 20.3 Å². The fraction of sp³-hybridized carbons (Fsp3) is 0.429. The molecule has 0 fully saturated rings. The van der Waals surface area contributed by atoms with Gasteiger partial charge in [0, 0.05) is 8.07 Å². The van der Waals surface area contributed by atoms with Gasteiger partial charge in [-0.2, -0.15) is 0 Å². The predicted molar refractivity (Wildman–Crippen MR) is 85.9 cm³/mol. The molecule has 1 unspecified atom stereocenters. The van der Waals surface area contributed by atoms with Crippen LogP contribution in [0.3, 0.4) is 0 Å². The molecule has 0 aliphatic carbocycles. The number of aromatic nitrogens is 3. The van der Waals surface area contributed by atoms with Gasteiger partial charge in [-0.3, -0.25) is 9.78 Å². The first-order chi connectivity index (χ1) is 9.70. The Morgan fingerprint density at radius 1 is 1.33 bits per heavy atom. The van der Waals surface area contributed by atoms with E-state index in [0.29, 0.717) is 16.4 Å². The first-order valence-electron chi connectivity index (χ1n) is 6.78. The minimum absolute atomic E-state index is 0.279. The summed E-state index contributed by atoms with van der Waals surface area (Å²) in [6.07, 6.45) is 1.50. The highest BCUT2D eigenvalue weighted by atomic mass is 32.1. The van der Waals surface area contributed by atoms with Gasteiger partial charge in [-0.15, -0.1) is 0 Å². The molecule has 0 saturated heterocycles. The topological polar surface area (TPSA) is 53.8 Å². The van der Waals surface area contributed by atoms with Crippen molar-refractivity contribution in [1.29, 1.82) is 0 Å². The standard InChI is InChI=1S/C14H20FN3OSSi/c1-21(2,3)9-14(19,8-18-13(20)16-10-17-18)11-4-6-12(15)7-5-11/h4-7,10,19H,8-9H2,1-3H3,(H,16,17,20). The van der Waals surface area contributed by atoms with Crippen LogP contribution in [0.5, 0.6) is 0 Å². The Morgan fingerprint density at radius 2 is 1.95 bits per heavy atom. The summed E-state index contributed by atoms with van der Waals surface area (Å²) in [6, 6.07) is 6.66. The highest BCUT2D eigenvalue weighted by Gasteiger charge is 2.35. The molecule has 2 rings (SSSR count). The van der Waals surface area contributed by atoms with Gasteiger partial charge in [-0.25, -0.2) is 9.37 Å². The summed E-state index contributed by atoms with van der Waals surface area (Å²) in [6.45, 7) is 6.84. The van der Waals surface area contributed by atoms with Crippen LogP contribution in [-0.2, 0) is 12.1 Å². The first-order valence-corrected chi connectivity index (χ1v) is 10.9. The largest absolute Gasteiger partial charge is 0.384 e. The van der Waals surface area contributed by atoms with Gasteiger partial charge in [-0.1, -0.05) is 31.8 Å². The van der Waals surface area contributed by atoms with Crippen LogP contribution in [0.4, 0.5) is 4.39 Å². The highest BCUT2D eigenvalue weighted by molar-refractivity contribution is 7.71. The second-order valence-corrected chi connectivity index (χ2v) is 12.4. The molecule has 21 heavy (non-hydrogen) atoms. The van der Waals surface area contributed by atoms with Gasteiger partial charge in [0.05, 0.1) is 6.54 Å². The van der Waals surface area contributed by atoms with Crippen molar-refractivity contribution in [3.63, 3.8) is 0 Å². The van der Waals surface area contributed by atoms with Crippen molar-refractivity contribution < 1.29 is 9.50 Å². The van der Waals surface area contributed by atoms with E-state index in [2.05, 4.69) is 29.7 Å². The Labute approximate surface area is 129 Å². The molecule has 0 bridgehead atoms. The number of benzene rings is 1. The molecule has 0 spiro atoms. The number of rotatable bonds is 5. The summed E-state index contributed by atoms with van der Waals surface area (Å²) in [7, 11) is -1.57. The summed E-state index contributed by atoms with van der Waals surface area (Å²) in [5, 5.41) is 14.1. The van der Waals surface area contributed by atoms with Crippen molar-refractivity contribution in [3.8, 4) is 0 Å². The third-order valence-corrected chi connectivity index (χ3v) is 5.21. The Balaban J connectivity index is 2.41. The van der Waals surface area contributed by atoms with Crippen molar-refractivity contribution in [2.24, 2.45) is 0 Å². The van der Waals surface area contributed by atoms with Crippen LogP contribution >= 0.6 is 12.2 Å². The molecule has 1 heterocycles. The number of aromatic amines is 1. The third kappa shape index (κ3) is 4.09. The van der Waals surface area contributed by atoms with Crippen molar-refractivity contribution in [3.05, 3.63) is 46.7 Å². The van der Waals surface area contributed by atoms with E-state index >= 15 is 0 Å². The van der Waals surface area contributed by atoms with Gasteiger partial charge in [0.25, 0.3) is 0 Å². The van der Waals surface area contributed by atoms with E-state index in [1.807, 2.05) is 0 Å². The number of nitrogens with one attached hydrogen (secondary N) is 1. The summed E-state index contributed by atoms with van der Waals surface area (Å²) >= 11 is 5.13. The van der Waals surface area contributed by atoms with E-state index in [-0.39, 0.29) is 12.4 Å². The lowest BCUT2D eigenvalue weighted by Crippen LogP contribution is -2.39.